The molecule has 1 N–H and O–H groups in total. The van der Waals surface area contributed by atoms with Crippen LogP contribution in [0.1, 0.15) is 32.6 Å². The van der Waals surface area contributed by atoms with Gasteiger partial charge in [-0.3, -0.25) is 4.79 Å². The van der Waals surface area contributed by atoms with Crippen LogP contribution in [0.2, 0.25) is 0 Å². The molecule has 0 spiro atoms. The van der Waals surface area contributed by atoms with Crippen LogP contribution in [-0.2, 0) is 14.6 Å². The van der Waals surface area contributed by atoms with Gasteiger partial charge in [-0.05, 0) is 37.1 Å². The molecule has 0 aliphatic heterocycles. The highest BCUT2D eigenvalue weighted by Gasteiger charge is 2.22. The van der Waals surface area contributed by atoms with E-state index in [1.165, 1.54) is 6.07 Å². The van der Waals surface area contributed by atoms with Crippen LogP contribution in [-0.4, -0.2) is 30.3 Å². The third-order valence-corrected chi connectivity index (χ3v) is 6.11. The number of sulfone groups is 1. The van der Waals surface area contributed by atoms with Gasteiger partial charge in [-0.1, -0.05) is 31.9 Å². The van der Waals surface area contributed by atoms with Crippen molar-refractivity contribution in [2.45, 2.75) is 37.6 Å². The fourth-order valence-electron chi connectivity index (χ4n) is 2.98. The minimum atomic E-state index is -3.36. The molecule has 0 saturated heterocycles. The predicted molar refractivity (Wildman–Crippen MR) is 95.8 cm³/mol. The van der Waals surface area contributed by atoms with Crippen molar-refractivity contribution in [2.24, 2.45) is 5.92 Å². The number of anilines is 1. The van der Waals surface area contributed by atoms with Crippen molar-refractivity contribution in [2.75, 3.05) is 11.1 Å². The molecule has 1 fully saturated rings. The second-order valence-electron chi connectivity index (χ2n) is 6.21. The van der Waals surface area contributed by atoms with Crippen LogP contribution in [0.15, 0.2) is 41.4 Å². The standard InChI is InChI=1S/C18H21N3O3S/c1-2-25(23,24)17-11-10-16(20-21-17)14-8-5-9-15(12-14)19-18(22)13-6-3-4-7-13/h5,8-13H,2-4,6-7H2,1H3,(H,19,22). The van der Waals surface area contributed by atoms with Crippen LogP contribution in [0.4, 0.5) is 5.69 Å². The van der Waals surface area contributed by atoms with Crippen LogP contribution < -0.4 is 5.32 Å². The molecule has 1 aromatic carbocycles. The van der Waals surface area contributed by atoms with Gasteiger partial charge in [-0.2, -0.15) is 0 Å². The molecule has 2 aromatic rings. The minimum Gasteiger partial charge on any atom is -0.326 e. The van der Waals surface area contributed by atoms with Gasteiger partial charge in [0.25, 0.3) is 0 Å². The van der Waals surface area contributed by atoms with Gasteiger partial charge in [0.1, 0.15) is 0 Å². The average molecular weight is 359 g/mol. The molecular formula is C18H21N3O3S. The predicted octanol–water partition coefficient (Wildman–Crippen LogP) is 3.07. The summed E-state index contributed by atoms with van der Waals surface area (Å²) in [7, 11) is -3.36. The SMILES string of the molecule is CCS(=O)(=O)c1ccc(-c2cccc(NC(=O)C3CCCC3)c2)nn1. The van der Waals surface area contributed by atoms with Crippen LogP contribution in [0.5, 0.6) is 0 Å². The maximum absolute atomic E-state index is 12.2. The second-order valence-corrected chi connectivity index (χ2v) is 8.44. The first kappa shape index (κ1) is 17.5. The van der Waals surface area contributed by atoms with Crippen LogP contribution in [0.25, 0.3) is 11.3 Å². The third kappa shape index (κ3) is 4.04. The molecule has 0 atom stereocenters. The summed E-state index contributed by atoms with van der Waals surface area (Å²) < 4.78 is 23.6. The topological polar surface area (TPSA) is 89.0 Å². The molecule has 1 amide bonds. The van der Waals surface area contributed by atoms with Crippen LogP contribution in [0, 0.1) is 5.92 Å². The number of hydrogen-bond acceptors (Lipinski definition) is 5. The largest absolute Gasteiger partial charge is 0.326 e. The highest BCUT2D eigenvalue weighted by Crippen LogP contribution is 2.27. The number of carbonyl (C=O) groups excluding carboxylic acids is 1. The Morgan fingerprint density at radius 1 is 1.16 bits per heavy atom. The zero-order valence-corrected chi connectivity index (χ0v) is 14.9. The van der Waals surface area contributed by atoms with Gasteiger partial charge >= 0.3 is 0 Å². The Morgan fingerprint density at radius 3 is 2.56 bits per heavy atom. The molecule has 0 unspecified atom stereocenters. The molecule has 1 aromatic heterocycles. The molecule has 6 nitrogen and oxygen atoms in total. The van der Waals surface area contributed by atoms with Crippen LogP contribution in [0.3, 0.4) is 0 Å². The summed E-state index contributed by atoms with van der Waals surface area (Å²) in [5.74, 6) is 0.149. The van der Waals surface area contributed by atoms with Crippen molar-refractivity contribution in [3.05, 3.63) is 36.4 Å². The molecule has 7 heteroatoms. The summed E-state index contributed by atoms with van der Waals surface area (Å²) in [6.45, 7) is 1.57. The Balaban J connectivity index is 1.78. The van der Waals surface area contributed by atoms with E-state index in [-0.39, 0.29) is 22.6 Å². The normalized spacial score (nSPS) is 15.2. The van der Waals surface area contributed by atoms with E-state index in [0.717, 1.165) is 31.2 Å². The summed E-state index contributed by atoms with van der Waals surface area (Å²) in [5, 5.41) is 10.8. The number of nitrogens with one attached hydrogen (secondary N) is 1. The highest BCUT2D eigenvalue weighted by atomic mass is 32.2. The summed E-state index contributed by atoms with van der Waals surface area (Å²) >= 11 is 0. The number of carbonyl (C=O) groups is 1. The lowest BCUT2D eigenvalue weighted by atomic mass is 10.1. The van der Waals surface area contributed by atoms with Crippen molar-refractivity contribution in [1.29, 1.82) is 0 Å². The molecule has 0 bridgehead atoms. The summed E-state index contributed by atoms with van der Waals surface area (Å²) in [6, 6.07) is 10.4. The number of amides is 1. The van der Waals surface area contributed by atoms with Gasteiger partial charge < -0.3 is 5.32 Å². The van der Waals surface area contributed by atoms with Crippen molar-refractivity contribution in [3.63, 3.8) is 0 Å². The van der Waals surface area contributed by atoms with Gasteiger partial charge in [-0.15, -0.1) is 10.2 Å². The second kappa shape index (κ2) is 7.31. The van der Waals surface area contributed by atoms with Crippen molar-refractivity contribution in [1.82, 2.24) is 10.2 Å². The first-order valence-electron chi connectivity index (χ1n) is 8.47. The zero-order chi connectivity index (χ0) is 17.9. The van der Waals surface area contributed by atoms with Gasteiger partial charge in [0.05, 0.1) is 11.4 Å². The molecule has 132 valence electrons. The van der Waals surface area contributed by atoms with E-state index in [0.29, 0.717) is 11.4 Å². The fraction of sp³-hybridized carbons (Fsp3) is 0.389. The first-order chi connectivity index (χ1) is 12.0. The number of hydrogen-bond donors (Lipinski definition) is 1. The van der Waals surface area contributed by atoms with Gasteiger partial charge in [-0.25, -0.2) is 8.42 Å². The highest BCUT2D eigenvalue weighted by molar-refractivity contribution is 7.91. The number of benzene rings is 1. The van der Waals surface area contributed by atoms with Gasteiger partial charge in [0.2, 0.25) is 5.91 Å². The average Bonchev–Trinajstić information content (AvgIpc) is 3.17. The quantitative estimate of drug-likeness (QED) is 0.886. The van der Waals surface area contributed by atoms with E-state index in [1.807, 2.05) is 24.3 Å². The van der Waals surface area contributed by atoms with E-state index >= 15 is 0 Å². The Labute approximate surface area is 147 Å². The lowest BCUT2D eigenvalue weighted by molar-refractivity contribution is -0.119. The van der Waals surface area contributed by atoms with E-state index in [1.54, 1.807) is 13.0 Å². The minimum absolute atomic E-state index is 0.0102. The maximum Gasteiger partial charge on any atom is 0.227 e. The number of rotatable bonds is 5. The fourth-order valence-corrected chi connectivity index (χ4v) is 3.71. The van der Waals surface area contributed by atoms with Gasteiger partial charge in [0.15, 0.2) is 14.9 Å². The van der Waals surface area contributed by atoms with E-state index in [9.17, 15) is 13.2 Å². The molecular weight excluding hydrogens is 338 g/mol. The third-order valence-electron chi connectivity index (χ3n) is 4.49. The Kier molecular flexibility index (Phi) is 5.13. The molecule has 3 rings (SSSR count). The lowest BCUT2D eigenvalue weighted by Gasteiger charge is -2.11. The summed E-state index contributed by atoms with van der Waals surface area (Å²) in [4.78, 5) is 12.2. The van der Waals surface area contributed by atoms with Crippen molar-refractivity contribution < 1.29 is 13.2 Å². The number of aromatic nitrogens is 2. The van der Waals surface area contributed by atoms with E-state index < -0.39 is 9.84 Å². The molecule has 1 saturated carbocycles. The van der Waals surface area contributed by atoms with E-state index in [4.69, 9.17) is 0 Å². The Hall–Kier alpha value is -2.28. The molecule has 0 radical (unpaired) electrons. The smallest absolute Gasteiger partial charge is 0.227 e. The van der Waals surface area contributed by atoms with Crippen molar-refractivity contribution in [3.8, 4) is 11.3 Å². The zero-order valence-electron chi connectivity index (χ0n) is 14.1. The van der Waals surface area contributed by atoms with E-state index in [2.05, 4.69) is 15.5 Å². The summed E-state index contributed by atoms with van der Waals surface area (Å²) in [6.07, 6.45) is 4.12. The summed E-state index contributed by atoms with van der Waals surface area (Å²) in [5.41, 5.74) is 2.05. The Bertz CT molecular complexity index is 857. The molecule has 1 aliphatic carbocycles. The molecule has 1 heterocycles. The first-order valence-corrected chi connectivity index (χ1v) is 10.1. The lowest BCUT2D eigenvalue weighted by Crippen LogP contribution is -2.20. The van der Waals surface area contributed by atoms with Crippen LogP contribution >= 0.6 is 0 Å². The monoisotopic (exact) mass is 359 g/mol. The van der Waals surface area contributed by atoms with Gasteiger partial charge in [0, 0.05) is 17.2 Å². The Morgan fingerprint density at radius 2 is 1.92 bits per heavy atom. The molecule has 25 heavy (non-hydrogen) atoms. The molecule has 1 aliphatic rings. The van der Waals surface area contributed by atoms with Crippen molar-refractivity contribution >= 4 is 21.4 Å². The maximum atomic E-state index is 12.2. The number of nitrogens with zero attached hydrogens (tertiary/aromatic N) is 2.